The Hall–Kier alpha value is -2.21. The molecule has 0 aliphatic carbocycles. The summed E-state index contributed by atoms with van der Waals surface area (Å²) >= 11 is 1.45. The smallest absolute Gasteiger partial charge is 0.346 e. The zero-order valence-corrected chi connectivity index (χ0v) is 15.5. The number of hydrogen-bond donors (Lipinski definition) is 0. The van der Waals surface area contributed by atoms with Crippen LogP contribution in [-0.4, -0.2) is 60.9 Å². The molecule has 27 heavy (non-hydrogen) atoms. The number of rotatable bonds is 3. The van der Waals surface area contributed by atoms with Crippen LogP contribution in [0.15, 0.2) is 34.9 Å². The molecule has 0 N–H and O–H groups in total. The zero-order chi connectivity index (χ0) is 19.7. The van der Waals surface area contributed by atoms with Gasteiger partial charge in [0.2, 0.25) is 0 Å². The van der Waals surface area contributed by atoms with Crippen molar-refractivity contribution in [2.24, 2.45) is 0 Å². The van der Waals surface area contributed by atoms with E-state index in [1.54, 1.807) is 6.20 Å². The normalized spacial score (nSPS) is 16.3. The first-order chi connectivity index (χ1) is 12.7. The minimum absolute atomic E-state index is 0.235. The van der Waals surface area contributed by atoms with Crippen LogP contribution in [0, 0.1) is 0 Å². The zero-order valence-electron chi connectivity index (χ0n) is 13.9. The van der Waals surface area contributed by atoms with Gasteiger partial charge in [-0.3, -0.25) is 4.79 Å². The van der Waals surface area contributed by atoms with E-state index in [4.69, 9.17) is 0 Å². The molecule has 0 radical (unpaired) electrons. The first-order valence-electron chi connectivity index (χ1n) is 7.92. The average Bonchev–Trinajstić information content (AvgIpc) is 3.05. The van der Waals surface area contributed by atoms with Crippen molar-refractivity contribution in [3.63, 3.8) is 0 Å². The van der Waals surface area contributed by atoms with Crippen LogP contribution in [0.3, 0.4) is 0 Å². The van der Waals surface area contributed by atoms with E-state index < -0.39 is 31.8 Å². The Kier molecular flexibility index (Phi) is 5.38. The third-order valence-corrected chi connectivity index (χ3v) is 6.31. The first-order valence-corrected chi connectivity index (χ1v) is 10.3. The van der Waals surface area contributed by atoms with Gasteiger partial charge in [-0.25, -0.2) is 18.4 Å². The van der Waals surface area contributed by atoms with E-state index in [2.05, 4.69) is 9.97 Å². The molecule has 1 saturated heterocycles. The molecule has 0 aromatic carbocycles. The highest BCUT2D eigenvalue weighted by Crippen LogP contribution is 2.31. The highest BCUT2D eigenvalue weighted by molar-refractivity contribution is 7.92. The van der Waals surface area contributed by atoms with Crippen molar-refractivity contribution in [1.29, 1.82) is 0 Å². The van der Waals surface area contributed by atoms with Gasteiger partial charge in [0.25, 0.3) is 15.7 Å². The summed E-state index contributed by atoms with van der Waals surface area (Å²) in [6.07, 6.45) is 3.16. The Morgan fingerprint density at radius 1 is 1.11 bits per heavy atom. The predicted molar refractivity (Wildman–Crippen MR) is 92.3 cm³/mol. The van der Waals surface area contributed by atoms with E-state index in [0.717, 1.165) is 17.4 Å². The molecule has 0 bridgehead atoms. The molecule has 12 heteroatoms. The van der Waals surface area contributed by atoms with E-state index in [0.29, 0.717) is 26.1 Å². The fourth-order valence-electron chi connectivity index (χ4n) is 2.73. The number of amides is 1. The van der Waals surface area contributed by atoms with Crippen LogP contribution in [0.25, 0.3) is 0 Å². The quantitative estimate of drug-likeness (QED) is 0.757. The molecule has 2 aromatic heterocycles. The fourth-order valence-corrected chi connectivity index (χ4v) is 4.29. The summed E-state index contributed by atoms with van der Waals surface area (Å²) in [5, 5.41) is 1.36. The Bertz CT molecular complexity index is 917. The SMILES string of the molecule is O=C(c1cccnc1S(=O)(=O)C(F)(F)F)N1CCCN(c2nccs2)CC1. The van der Waals surface area contributed by atoms with Gasteiger partial charge < -0.3 is 9.80 Å². The lowest BCUT2D eigenvalue weighted by molar-refractivity contribution is -0.0438. The number of aromatic nitrogens is 2. The maximum absolute atomic E-state index is 12.9. The molecule has 0 unspecified atom stereocenters. The molecule has 0 atom stereocenters. The number of nitrogens with zero attached hydrogens (tertiary/aromatic N) is 4. The van der Waals surface area contributed by atoms with Crippen LogP contribution in [0.5, 0.6) is 0 Å². The van der Waals surface area contributed by atoms with Gasteiger partial charge in [0, 0.05) is 44.0 Å². The second kappa shape index (κ2) is 7.43. The molecule has 7 nitrogen and oxygen atoms in total. The Labute approximate surface area is 157 Å². The number of sulfone groups is 1. The maximum atomic E-state index is 12.9. The summed E-state index contributed by atoms with van der Waals surface area (Å²) in [5.41, 5.74) is -6.10. The molecule has 146 valence electrons. The van der Waals surface area contributed by atoms with Gasteiger partial charge in [-0.1, -0.05) is 0 Å². The van der Waals surface area contributed by atoms with Crippen LogP contribution < -0.4 is 4.90 Å². The number of hydrogen-bond acceptors (Lipinski definition) is 7. The van der Waals surface area contributed by atoms with E-state index in [-0.39, 0.29) is 6.54 Å². The topological polar surface area (TPSA) is 83.5 Å². The van der Waals surface area contributed by atoms with E-state index in [1.807, 2.05) is 10.3 Å². The second-order valence-corrected chi connectivity index (χ2v) is 8.48. The van der Waals surface area contributed by atoms with E-state index in [9.17, 15) is 26.4 Å². The van der Waals surface area contributed by atoms with Crippen molar-refractivity contribution in [3.05, 3.63) is 35.5 Å². The highest BCUT2D eigenvalue weighted by atomic mass is 32.2. The van der Waals surface area contributed by atoms with Crippen molar-refractivity contribution in [2.45, 2.75) is 17.0 Å². The van der Waals surface area contributed by atoms with Gasteiger partial charge in [0.1, 0.15) is 0 Å². The highest BCUT2D eigenvalue weighted by Gasteiger charge is 2.49. The molecule has 0 spiro atoms. The van der Waals surface area contributed by atoms with Crippen molar-refractivity contribution >= 4 is 32.2 Å². The van der Waals surface area contributed by atoms with Gasteiger partial charge in [-0.05, 0) is 18.6 Å². The molecule has 1 aliphatic heterocycles. The van der Waals surface area contributed by atoms with Gasteiger partial charge >= 0.3 is 5.51 Å². The van der Waals surface area contributed by atoms with Crippen molar-refractivity contribution < 1.29 is 26.4 Å². The lowest BCUT2D eigenvalue weighted by Gasteiger charge is -2.22. The maximum Gasteiger partial charge on any atom is 0.503 e. The summed E-state index contributed by atoms with van der Waals surface area (Å²) in [6.45, 7) is 1.61. The van der Waals surface area contributed by atoms with Crippen LogP contribution in [0.4, 0.5) is 18.3 Å². The largest absolute Gasteiger partial charge is 0.503 e. The molecule has 1 fully saturated rings. The molecule has 2 aromatic rings. The standard InChI is InChI=1S/C15H15F3N4O3S2/c16-15(17,18)27(24,25)12-11(3-1-4-19-12)13(23)21-6-2-7-22(9-8-21)14-20-5-10-26-14/h1,3-5,10H,2,6-9H2. The minimum Gasteiger partial charge on any atom is -0.346 e. The molecule has 3 heterocycles. The summed E-state index contributed by atoms with van der Waals surface area (Å²) in [6, 6.07) is 2.29. The molecule has 3 rings (SSSR count). The minimum atomic E-state index is -5.72. The van der Waals surface area contributed by atoms with Crippen LogP contribution in [0.1, 0.15) is 16.8 Å². The summed E-state index contributed by atoms with van der Waals surface area (Å²) in [5.74, 6) is -0.785. The van der Waals surface area contributed by atoms with Crippen molar-refractivity contribution in [1.82, 2.24) is 14.9 Å². The number of carbonyl (C=O) groups is 1. The van der Waals surface area contributed by atoms with Crippen LogP contribution >= 0.6 is 11.3 Å². The van der Waals surface area contributed by atoms with Gasteiger partial charge in [0.15, 0.2) is 10.2 Å². The predicted octanol–water partition coefficient (Wildman–Crippen LogP) is 2.18. The molecule has 1 amide bonds. The lowest BCUT2D eigenvalue weighted by Crippen LogP contribution is -2.37. The first kappa shape index (κ1) is 19.5. The lowest BCUT2D eigenvalue weighted by atomic mass is 10.2. The van der Waals surface area contributed by atoms with E-state index >= 15 is 0 Å². The molecular formula is C15H15F3N4O3S2. The number of carbonyl (C=O) groups excluding carboxylic acids is 1. The Morgan fingerprint density at radius 3 is 2.56 bits per heavy atom. The number of alkyl halides is 3. The van der Waals surface area contributed by atoms with Crippen molar-refractivity contribution in [2.75, 3.05) is 31.1 Å². The van der Waals surface area contributed by atoms with Gasteiger partial charge in [-0.2, -0.15) is 13.2 Å². The fraction of sp³-hybridized carbons (Fsp3) is 0.400. The van der Waals surface area contributed by atoms with Gasteiger partial charge in [-0.15, -0.1) is 11.3 Å². The van der Waals surface area contributed by atoms with Gasteiger partial charge in [0.05, 0.1) is 5.56 Å². The van der Waals surface area contributed by atoms with Crippen LogP contribution in [-0.2, 0) is 9.84 Å². The summed E-state index contributed by atoms with van der Waals surface area (Å²) in [7, 11) is -5.72. The molecule has 0 saturated carbocycles. The number of thiazole rings is 1. The number of anilines is 1. The third-order valence-electron chi connectivity index (χ3n) is 4.03. The Balaban J connectivity index is 1.85. The third kappa shape index (κ3) is 3.90. The summed E-state index contributed by atoms with van der Waals surface area (Å²) in [4.78, 5) is 23.6. The number of halogens is 3. The second-order valence-electron chi connectivity index (χ2n) is 5.75. The van der Waals surface area contributed by atoms with Crippen LogP contribution in [0.2, 0.25) is 0 Å². The Morgan fingerprint density at radius 2 is 1.89 bits per heavy atom. The van der Waals surface area contributed by atoms with E-state index in [1.165, 1.54) is 22.3 Å². The number of pyridine rings is 1. The average molecular weight is 420 g/mol. The van der Waals surface area contributed by atoms with Crippen molar-refractivity contribution in [3.8, 4) is 0 Å². The summed E-state index contributed by atoms with van der Waals surface area (Å²) < 4.78 is 62.3. The monoisotopic (exact) mass is 420 g/mol. The molecular weight excluding hydrogens is 405 g/mol. The molecule has 1 aliphatic rings.